The minimum atomic E-state index is -0.582. The molecule has 3 N–H and O–H groups in total. The van der Waals surface area contributed by atoms with E-state index in [4.69, 9.17) is 26.1 Å². The summed E-state index contributed by atoms with van der Waals surface area (Å²) < 4.78 is 13.5. The predicted molar refractivity (Wildman–Crippen MR) is 226 cm³/mol. The zero-order valence-corrected chi connectivity index (χ0v) is 33.7. The summed E-state index contributed by atoms with van der Waals surface area (Å²) in [6.07, 6.45) is 0.415. The van der Waals surface area contributed by atoms with Gasteiger partial charge in [-0.2, -0.15) is 0 Å². The van der Waals surface area contributed by atoms with Gasteiger partial charge in [0.15, 0.2) is 5.82 Å². The summed E-state index contributed by atoms with van der Waals surface area (Å²) in [5.74, 6) is 1.54. The van der Waals surface area contributed by atoms with E-state index in [0.717, 1.165) is 55.6 Å². The molecule has 2 aliphatic rings. The Morgan fingerprint density at radius 3 is 2.50 bits per heavy atom. The summed E-state index contributed by atoms with van der Waals surface area (Å²) in [7, 11) is 0. The molecule has 6 aromatic rings. The van der Waals surface area contributed by atoms with Crippen LogP contribution in [-0.4, -0.2) is 64.6 Å². The van der Waals surface area contributed by atoms with E-state index in [1.165, 1.54) is 4.88 Å². The summed E-state index contributed by atoms with van der Waals surface area (Å²) in [6.45, 7) is 7.39. The van der Waals surface area contributed by atoms with Gasteiger partial charge in [-0.1, -0.05) is 41.9 Å². The number of anilines is 2. The molecule has 3 amide bonds. The van der Waals surface area contributed by atoms with Gasteiger partial charge in [-0.3, -0.25) is 23.9 Å². The highest BCUT2D eigenvalue weighted by Crippen LogP contribution is 2.40. The fraction of sp³-hybridized carbons (Fsp3) is 0.227. The number of aryl methyl sites for hydroxylation is 2. The van der Waals surface area contributed by atoms with Gasteiger partial charge in [0.05, 0.1) is 31.8 Å². The second-order valence-electron chi connectivity index (χ2n) is 14.1. The molecule has 0 saturated carbocycles. The topological polar surface area (TPSA) is 149 Å². The van der Waals surface area contributed by atoms with E-state index in [-0.39, 0.29) is 24.1 Å². The van der Waals surface area contributed by atoms with Crippen molar-refractivity contribution < 1.29 is 23.9 Å². The van der Waals surface area contributed by atoms with Crippen LogP contribution in [0, 0.1) is 20.8 Å². The van der Waals surface area contributed by atoms with Crippen LogP contribution in [0.25, 0.3) is 16.1 Å². The van der Waals surface area contributed by atoms with Crippen LogP contribution in [0.4, 0.5) is 11.4 Å². The van der Waals surface area contributed by atoms with E-state index in [9.17, 15) is 14.4 Å². The third-order valence-electron chi connectivity index (χ3n) is 10.1. The number of fused-ring (bicyclic) bond motifs is 4. The second kappa shape index (κ2) is 16.8. The molecule has 294 valence electrons. The number of benzene rings is 4. The quantitative estimate of drug-likeness (QED) is 0.101. The maximum absolute atomic E-state index is 13.5. The number of nitrogens with zero attached hydrogens (tertiary/aromatic N) is 4. The maximum atomic E-state index is 13.5. The van der Waals surface area contributed by atoms with Crippen LogP contribution >= 0.6 is 22.9 Å². The number of aromatic nitrogens is 3. The third-order valence-corrected chi connectivity index (χ3v) is 11.5. The van der Waals surface area contributed by atoms with Crippen LogP contribution in [0.5, 0.6) is 5.75 Å². The van der Waals surface area contributed by atoms with Crippen molar-refractivity contribution in [3.05, 3.63) is 140 Å². The highest BCUT2D eigenvalue weighted by molar-refractivity contribution is 7.15. The summed E-state index contributed by atoms with van der Waals surface area (Å²) in [4.78, 5) is 44.4. The number of aliphatic imine (C=N–C) groups is 1. The van der Waals surface area contributed by atoms with Crippen molar-refractivity contribution in [2.45, 2.75) is 39.7 Å². The van der Waals surface area contributed by atoms with Crippen molar-refractivity contribution >= 4 is 57.7 Å². The molecule has 0 aliphatic carbocycles. The smallest absolute Gasteiger partial charge is 0.251 e. The number of ether oxygens (including phenoxy) is 2. The van der Waals surface area contributed by atoms with Crippen LogP contribution in [-0.2, 0) is 20.7 Å². The Morgan fingerprint density at radius 1 is 0.914 bits per heavy atom. The fourth-order valence-corrected chi connectivity index (χ4v) is 8.40. The normalized spacial score (nSPS) is 14.1. The molecular weight excluding hydrogens is 774 g/mol. The Morgan fingerprint density at radius 2 is 1.69 bits per heavy atom. The van der Waals surface area contributed by atoms with Crippen molar-refractivity contribution in [3.63, 3.8) is 0 Å². The summed E-state index contributed by atoms with van der Waals surface area (Å²) in [5.41, 5.74) is 8.62. The number of carbonyl (C=O) groups is 3. The van der Waals surface area contributed by atoms with Gasteiger partial charge >= 0.3 is 0 Å². The molecule has 4 aromatic carbocycles. The van der Waals surface area contributed by atoms with Crippen LogP contribution in [0.1, 0.15) is 61.6 Å². The molecule has 8 rings (SSSR count). The van der Waals surface area contributed by atoms with E-state index in [0.29, 0.717) is 60.6 Å². The minimum absolute atomic E-state index is 0.0138. The van der Waals surface area contributed by atoms with Gasteiger partial charge in [0, 0.05) is 44.5 Å². The average molecular weight is 814 g/mol. The predicted octanol–water partition coefficient (Wildman–Crippen LogP) is 7.82. The molecule has 0 radical (unpaired) electrons. The number of hydrogen-bond donors (Lipinski definition) is 3. The summed E-state index contributed by atoms with van der Waals surface area (Å²) >= 11 is 7.90. The monoisotopic (exact) mass is 813 g/mol. The molecule has 12 nitrogen and oxygen atoms in total. The number of hydrogen-bond acceptors (Lipinski definition) is 9. The minimum Gasteiger partial charge on any atom is -0.491 e. The first-order chi connectivity index (χ1) is 28.1. The lowest BCUT2D eigenvalue weighted by Gasteiger charge is -2.13. The standard InChI is InChI=1S/C44H40ClN7O5S/c1-25-26(2)58-44-40(25)41(28-7-10-33(45)11-8-28)49-37(42-51-50-27(3)52(42)44)24-39(54)47-34-12-14-35(15-13-34)57-20-19-56-18-17-46-43(55)31-6-4-5-29(21-31)30-9-16-36-32(22-30)23-38(53)48-36/h4-16,21-22,37H,17-20,23-24H2,1-3H3,(H,46,55)(H,47,54)(H,48,53)/t37-/m0/s1. The summed E-state index contributed by atoms with van der Waals surface area (Å²) in [5, 5.41) is 19.2. The van der Waals surface area contributed by atoms with Crippen molar-refractivity contribution in [2.75, 3.05) is 37.0 Å². The van der Waals surface area contributed by atoms with Gasteiger partial charge in [0.2, 0.25) is 11.8 Å². The van der Waals surface area contributed by atoms with Gasteiger partial charge in [0.25, 0.3) is 5.91 Å². The number of rotatable bonds is 13. The second-order valence-corrected chi connectivity index (χ2v) is 15.7. The molecular formula is C44H40ClN7O5S. The highest BCUT2D eigenvalue weighted by atomic mass is 35.5. The van der Waals surface area contributed by atoms with Gasteiger partial charge in [0.1, 0.15) is 29.2 Å². The molecule has 58 heavy (non-hydrogen) atoms. The Kier molecular flexibility index (Phi) is 11.2. The van der Waals surface area contributed by atoms with Gasteiger partial charge in [-0.05, 0) is 104 Å². The molecule has 14 heteroatoms. The van der Waals surface area contributed by atoms with E-state index < -0.39 is 6.04 Å². The first-order valence-electron chi connectivity index (χ1n) is 18.9. The molecule has 1 atom stereocenters. The van der Waals surface area contributed by atoms with Crippen molar-refractivity contribution in [2.24, 2.45) is 4.99 Å². The largest absolute Gasteiger partial charge is 0.491 e. The lowest BCUT2D eigenvalue weighted by Crippen LogP contribution is -2.27. The summed E-state index contributed by atoms with van der Waals surface area (Å²) in [6, 6.07) is 27.4. The van der Waals surface area contributed by atoms with Crippen molar-refractivity contribution in [1.82, 2.24) is 20.1 Å². The van der Waals surface area contributed by atoms with Crippen LogP contribution in [0.3, 0.4) is 0 Å². The average Bonchev–Trinajstić information content (AvgIpc) is 3.86. The first-order valence-corrected chi connectivity index (χ1v) is 20.1. The number of thiophene rings is 1. The number of nitrogens with one attached hydrogen (secondary N) is 3. The van der Waals surface area contributed by atoms with Gasteiger partial charge in [-0.15, -0.1) is 21.5 Å². The van der Waals surface area contributed by atoms with E-state index in [1.54, 1.807) is 41.7 Å². The van der Waals surface area contributed by atoms with E-state index >= 15 is 0 Å². The van der Waals surface area contributed by atoms with Crippen LogP contribution in [0.2, 0.25) is 5.02 Å². The first kappa shape index (κ1) is 38.7. The zero-order chi connectivity index (χ0) is 40.3. The number of halogens is 1. The third kappa shape index (κ3) is 8.28. The van der Waals surface area contributed by atoms with E-state index in [1.807, 2.05) is 72.2 Å². The number of amides is 3. The molecule has 4 heterocycles. The number of carbonyl (C=O) groups excluding carboxylic acids is 3. The Bertz CT molecular complexity index is 2560. The zero-order valence-electron chi connectivity index (χ0n) is 32.1. The van der Waals surface area contributed by atoms with Crippen LogP contribution in [0.15, 0.2) is 96.0 Å². The lowest BCUT2D eigenvalue weighted by molar-refractivity contribution is -0.117. The fourth-order valence-electron chi connectivity index (χ4n) is 7.06. The van der Waals surface area contributed by atoms with Gasteiger partial charge < -0.3 is 25.4 Å². The van der Waals surface area contributed by atoms with Crippen molar-refractivity contribution in [3.8, 4) is 21.9 Å². The molecule has 0 unspecified atom stereocenters. The Labute approximate surface area is 344 Å². The SMILES string of the molecule is Cc1sc2c(c1C)C(c1ccc(Cl)cc1)=N[C@@H](CC(=O)Nc1ccc(OCCOCCNC(=O)c3cccc(-c4ccc5c(c4)CC(=O)N5)c3)cc1)c1nnc(C)n1-2. The maximum Gasteiger partial charge on any atom is 0.251 e. The Balaban J connectivity index is 0.810. The Hall–Kier alpha value is -6.15. The molecule has 2 aliphatic heterocycles. The van der Waals surface area contributed by atoms with Gasteiger partial charge in [-0.25, -0.2) is 0 Å². The van der Waals surface area contributed by atoms with Crippen molar-refractivity contribution in [1.29, 1.82) is 0 Å². The van der Waals surface area contributed by atoms with Crippen LogP contribution < -0.4 is 20.7 Å². The molecule has 0 fully saturated rings. The molecule has 0 saturated heterocycles. The molecule has 0 spiro atoms. The molecule has 0 bridgehead atoms. The highest BCUT2D eigenvalue weighted by Gasteiger charge is 2.32. The molecule has 2 aromatic heterocycles. The lowest BCUT2D eigenvalue weighted by atomic mass is 9.99. The van der Waals surface area contributed by atoms with E-state index in [2.05, 4.69) is 40.0 Å².